The van der Waals surface area contributed by atoms with Crippen LogP contribution in [0.2, 0.25) is 0 Å². The smallest absolute Gasteiger partial charge is 0.411 e. The number of carbonyl (C=O) groups excluding carboxylic acids is 3. The van der Waals surface area contributed by atoms with Gasteiger partial charge in [-0.3, -0.25) is 19.7 Å². The van der Waals surface area contributed by atoms with E-state index in [4.69, 9.17) is 9.47 Å². The van der Waals surface area contributed by atoms with Gasteiger partial charge in [0, 0.05) is 40.5 Å². The van der Waals surface area contributed by atoms with E-state index in [-0.39, 0.29) is 40.8 Å². The van der Waals surface area contributed by atoms with Gasteiger partial charge in [0.05, 0.1) is 24.3 Å². The second-order valence-corrected chi connectivity index (χ2v) is 13.1. The summed E-state index contributed by atoms with van der Waals surface area (Å²) in [6, 6.07) is 15.6. The van der Waals surface area contributed by atoms with Gasteiger partial charge < -0.3 is 24.9 Å². The number of carboxylic acids is 1. The van der Waals surface area contributed by atoms with Crippen LogP contribution in [0.5, 0.6) is 5.75 Å². The monoisotopic (exact) mass is 676 g/mol. The molecule has 1 aliphatic rings. The lowest BCUT2D eigenvalue weighted by molar-refractivity contribution is -0.136. The maximum absolute atomic E-state index is 14.0. The SMILES string of the molecule is COc1cccc(C(=O)NS(=O)(=O)c2ccccc2C)c1C(C(=O)NCCC(=O)O)c1c[nH]c2ccc(NC(=O)OC3CCCC3)cc12. The first-order valence-electron chi connectivity index (χ1n) is 15.4. The summed E-state index contributed by atoms with van der Waals surface area (Å²) in [6.45, 7) is 1.38. The zero-order valence-corrected chi connectivity index (χ0v) is 27.2. The highest BCUT2D eigenvalue weighted by Crippen LogP contribution is 2.39. The number of amides is 3. The number of aromatic amines is 1. The van der Waals surface area contributed by atoms with Gasteiger partial charge in [-0.1, -0.05) is 24.3 Å². The highest BCUT2D eigenvalue weighted by Gasteiger charge is 2.34. The molecule has 0 aliphatic heterocycles. The number of nitrogens with one attached hydrogen (secondary N) is 4. The van der Waals surface area contributed by atoms with Crippen LogP contribution in [-0.4, -0.2) is 62.1 Å². The summed E-state index contributed by atoms with van der Waals surface area (Å²) in [5, 5.41) is 15.0. The normalized spacial score (nSPS) is 13.9. The van der Waals surface area contributed by atoms with E-state index in [0.29, 0.717) is 27.7 Å². The molecule has 4 aromatic rings. The van der Waals surface area contributed by atoms with Gasteiger partial charge in [0.1, 0.15) is 11.9 Å². The van der Waals surface area contributed by atoms with Gasteiger partial charge >= 0.3 is 12.1 Å². The van der Waals surface area contributed by atoms with Crippen LogP contribution >= 0.6 is 0 Å². The number of ether oxygens (including phenoxy) is 2. The first-order valence-corrected chi connectivity index (χ1v) is 16.8. The fraction of sp³-hybridized carbons (Fsp3) is 0.294. The van der Waals surface area contributed by atoms with Crippen LogP contribution in [0, 0.1) is 6.92 Å². The Morgan fingerprint density at radius 3 is 2.48 bits per heavy atom. The van der Waals surface area contributed by atoms with Crippen molar-refractivity contribution in [2.24, 2.45) is 0 Å². The van der Waals surface area contributed by atoms with E-state index < -0.39 is 39.8 Å². The zero-order chi connectivity index (χ0) is 34.4. The Labute approximate surface area is 277 Å². The average Bonchev–Trinajstić information content (AvgIpc) is 3.71. The third-order valence-electron chi connectivity index (χ3n) is 8.18. The number of fused-ring (bicyclic) bond motifs is 1. The highest BCUT2D eigenvalue weighted by atomic mass is 32.2. The Balaban J connectivity index is 1.58. The summed E-state index contributed by atoms with van der Waals surface area (Å²) in [5.41, 5.74) is 1.64. The van der Waals surface area contributed by atoms with Crippen LogP contribution in [0.15, 0.2) is 71.8 Å². The average molecular weight is 677 g/mol. The lowest BCUT2D eigenvalue weighted by Gasteiger charge is -2.22. The molecule has 0 saturated heterocycles. The molecule has 1 unspecified atom stereocenters. The van der Waals surface area contributed by atoms with Crippen molar-refractivity contribution in [3.05, 3.63) is 89.1 Å². The van der Waals surface area contributed by atoms with Crippen molar-refractivity contribution in [1.29, 1.82) is 0 Å². The lowest BCUT2D eigenvalue weighted by Crippen LogP contribution is -2.35. The molecule has 1 atom stereocenters. The summed E-state index contributed by atoms with van der Waals surface area (Å²) < 4.78 is 39.9. The van der Waals surface area contributed by atoms with Crippen molar-refractivity contribution < 1.29 is 42.2 Å². The number of methoxy groups -OCH3 is 1. The molecule has 0 spiro atoms. The van der Waals surface area contributed by atoms with Gasteiger partial charge in [-0.05, 0) is 80.1 Å². The number of aliphatic carboxylic acids is 1. The van der Waals surface area contributed by atoms with Crippen LogP contribution < -0.4 is 20.1 Å². The minimum atomic E-state index is -4.32. The number of rotatable bonds is 12. The fourth-order valence-corrected chi connectivity index (χ4v) is 7.11. The molecule has 14 heteroatoms. The van der Waals surface area contributed by atoms with E-state index in [2.05, 4.69) is 20.3 Å². The Bertz CT molecular complexity index is 1970. The van der Waals surface area contributed by atoms with Gasteiger partial charge in [0.2, 0.25) is 5.91 Å². The molecule has 5 rings (SSSR count). The van der Waals surface area contributed by atoms with Crippen LogP contribution in [0.3, 0.4) is 0 Å². The van der Waals surface area contributed by atoms with E-state index in [1.807, 2.05) is 0 Å². The third kappa shape index (κ3) is 7.60. The zero-order valence-electron chi connectivity index (χ0n) is 26.4. The summed E-state index contributed by atoms with van der Waals surface area (Å²) in [4.78, 5) is 54.7. The van der Waals surface area contributed by atoms with Gasteiger partial charge in [-0.15, -0.1) is 0 Å². The number of sulfonamides is 1. The number of anilines is 1. The molecule has 3 aromatic carbocycles. The number of carboxylic acid groups (broad SMARTS) is 1. The minimum absolute atomic E-state index is 0.0465. The second-order valence-electron chi connectivity index (χ2n) is 11.4. The second kappa shape index (κ2) is 14.6. The van der Waals surface area contributed by atoms with Crippen LogP contribution in [0.25, 0.3) is 10.9 Å². The van der Waals surface area contributed by atoms with Crippen molar-refractivity contribution in [2.45, 2.75) is 55.9 Å². The van der Waals surface area contributed by atoms with Gasteiger partial charge in [0.15, 0.2) is 0 Å². The molecule has 5 N–H and O–H groups in total. The van der Waals surface area contributed by atoms with E-state index in [1.165, 1.54) is 37.4 Å². The van der Waals surface area contributed by atoms with Crippen LogP contribution in [0.1, 0.15) is 65.1 Å². The van der Waals surface area contributed by atoms with Crippen LogP contribution in [0.4, 0.5) is 10.5 Å². The van der Waals surface area contributed by atoms with Crippen molar-refractivity contribution in [3.63, 3.8) is 0 Å². The van der Waals surface area contributed by atoms with Crippen molar-refractivity contribution >= 4 is 50.5 Å². The highest BCUT2D eigenvalue weighted by molar-refractivity contribution is 7.90. The number of aromatic nitrogens is 1. The van der Waals surface area contributed by atoms with Crippen molar-refractivity contribution in [1.82, 2.24) is 15.0 Å². The summed E-state index contributed by atoms with van der Waals surface area (Å²) >= 11 is 0. The van der Waals surface area contributed by atoms with Gasteiger partial charge in [-0.25, -0.2) is 17.9 Å². The molecule has 48 heavy (non-hydrogen) atoms. The molecule has 1 aliphatic carbocycles. The molecule has 13 nitrogen and oxygen atoms in total. The maximum atomic E-state index is 14.0. The molecular weight excluding hydrogens is 640 g/mol. The molecule has 0 bridgehead atoms. The standard InChI is InChI=1S/C34H36N4O9S/c1-20-8-3-6-13-28(20)48(44,45)38-32(41)23-11-7-12-27(46-2)30(23)31(33(42)35-17-16-29(39)40)25-19-36-26-15-14-21(18-24(25)26)37-34(43)47-22-9-4-5-10-22/h3,6-8,11-15,18-19,22,31,36H,4-5,9-10,16-17H2,1-2H3,(H,35,42)(H,37,43)(H,38,41)(H,39,40). The molecule has 3 amide bonds. The molecule has 0 radical (unpaired) electrons. The summed E-state index contributed by atoms with van der Waals surface area (Å²) in [5.74, 6) is -3.99. The van der Waals surface area contributed by atoms with Crippen molar-refractivity contribution in [2.75, 3.05) is 19.0 Å². The van der Waals surface area contributed by atoms with Gasteiger partial charge in [-0.2, -0.15) is 0 Å². The minimum Gasteiger partial charge on any atom is -0.496 e. The summed E-state index contributed by atoms with van der Waals surface area (Å²) in [6.07, 6.45) is 4.02. The van der Waals surface area contributed by atoms with E-state index in [1.54, 1.807) is 43.5 Å². The quantitative estimate of drug-likeness (QED) is 0.140. The van der Waals surface area contributed by atoms with Crippen molar-refractivity contribution in [3.8, 4) is 5.75 Å². The first kappa shape index (κ1) is 34.0. The van der Waals surface area contributed by atoms with E-state index in [0.717, 1.165) is 25.7 Å². The molecule has 1 aromatic heterocycles. The number of carbonyl (C=O) groups is 4. The first-order chi connectivity index (χ1) is 23.0. The molecular formula is C34H36N4O9S. The Morgan fingerprint density at radius 1 is 1.02 bits per heavy atom. The molecule has 1 saturated carbocycles. The topological polar surface area (TPSA) is 193 Å². The van der Waals surface area contributed by atoms with Gasteiger partial charge in [0.25, 0.3) is 15.9 Å². The third-order valence-corrected chi connectivity index (χ3v) is 9.67. The Kier molecular flexibility index (Phi) is 10.3. The number of H-pyrrole nitrogens is 1. The number of hydrogen-bond donors (Lipinski definition) is 5. The summed E-state index contributed by atoms with van der Waals surface area (Å²) in [7, 11) is -2.98. The predicted octanol–water partition coefficient (Wildman–Crippen LogP) is 4.82. The number of benzene rings is 3. The van der Waals surface area contributed by atoms with Crippen LogP contribution in [-0.2, 0) is 24.3 Å². The largest absolute Gasteiger partial charge is 0.496 e. The fourth-order valence-electron chi connectivity index (χ4n) is 5.89. The maximum Gasteiger partial charge on any atom is 0.411 e. The Morgan fingerprint density at radius 2 is 1.77 bits per heavy atom. The van der Waals surface area contributed by atoms with E-state index in [9.17, 15) is 32.7 Å². The number of hydrogen-bond acceptors (Lipinski definition) is 8. The lowest BCUT2D eigenvalue weighted by atomic mass is 9.86. The Hall–Kier alpha value is -5.37. The van der Waals surface area contributed by atoms with E-state index >= 15 is 0 Å². The number of aryl methyl sites for hydroxylation is 1. The molecule has 252 valence electrons. The molecule has 1 heterocycles. The predicted molar refractivity (Wildman–Crippen MR) is 177 cm³/mol. The molecule has 1 fully saturated rings.